The molecule has 1 rings (SSSR count). The summed E-state index contributed by atoms with van der Waals surface area (Å²) in [5.74, 6) is -0.246. The standard InChI is InChI=1S/C6H3BrCl2OS/c7-4-2-1-3(11-4)5(10)6(8)9/h1-2,6H. The minimum Gasteiger partial charge on any atom is -0.290 e. The van der Waals surface area contributed by atoms with Crippen molar-refractivity contribution >= 4 is 56.3 Å². The number of ketones is 1. The highest BCUT2D eigenvalue weighted by Gasteiger charge is 2.15. The molecule has 0 aliphatic heterocycles. The number of rotatable bonds is 2. The molecule has 0 radical (unpaired) electrons. The fraction of sp³-hybridized carbons (Fsp3) is 0.167. The summed E-state index contributed by atoms with van der Waals surface area (Å²) in [6, 6.07) is 3.48. The first-order chi connectivity index (χ1) is 5.11. The fourth-order valence-corrected chi connectivity index (χ4v) is 2.27. The predicted octanol–water partition coefficient (Wildman–Crippen LogP) is 3.50. The van der Waals surface area contributed by atoms with Gasteiger partial charge in [0.1, 0.15) is 0 Å². The maximum Gasteiger partial charge on any atom is 0.205 e. The molecule has 1 heterocycles. The Labute approximate surface area is 86.4 Å². The van der Waals surface area contributed by atoms with E-state index in [1.54, 1.807) is 12.1 Å². The lowest BCUT2D eigenvalue weighted by molar-refractivity contribution is 0.101. The van der Waals surface area contributed by atoms with Gasteiger partial charge in [-0.15, -0.1) is 11.3 Å². The van der Waals surface area contributed by atoms with Gasteiger partial charge in [0.25, 0.3) is 0 Å². The molecule has 0 N–H and O–H groups in total. The second kappa shape index (κ2) is 3.90. The third kappa shape index (κ3) is 2.44. The Balaban J connectivity index is 2.85. The van der Waals surface area contributed by atoms with Crippen LogP contribution in [0.2, 0.25) is 0 Å². The molecule has 1 aromatic heterocycles. The molecule has 5 heteroatoms. The first kappa shape index (κ1) is 9.52. The fourth-order valence-electron chi connectivity index (χ4n) is 0.554. The molecule has 0 spiro atoms. The monoisotopic (exact) mass is 272 g/mol. The van der Waals surface area contributed by atoms with E-state index in [0.717, 1.165) is 3.79 Å². The number of alkyl halides is 2. The lowest BCUT2D eigenvalue weighted by Gasteiger charge is -1.94. The molecule has 0 aromatic carbocycles. The Kier molecular flexibility index (Phi) is 3.37. The third-order valence-electron chi connectivity index (χ3n) is 1.01. The second-order valence-electron chi connectivity index (χ2n) is 1.77. The molecule has 11 heavy (non-hydrogen) atoms. The summed E-state index contributed by atoms with van der Waals surface area (Å²) in [6.07, 6.45) is 0. The van der Waals surface area contributed by atoms with Gasteiger partial charge in [-0.2, -0.15) is 0 Å². The van der Waals surface area contributed by atoms with E-state index in [-0.39, 0.29) is 5.78 Å². The maximum absolute atomic E-state index is 11.1. The Morgan fingerprint density at radius 1 is 1.55 bits per heavy atom. The van der Waals surface area contributed by atoms with E-state index in [0.29, 0.717) is 4.88 Å². The van der Waals surface area contributed by atoms with Crippen LogP contribution >= 0.6 is 50.5 Å². The number of hydrogen-bond donors (Lipinski definition) is 0. The number of carbonyl (C=O) groups is 1. The quantitative estimate of drug-likeness (QED) is 0.596. The van der Waals surface area contributed by atoms with Gasteiger partial charge in [0.2, 0.25) is 5.78 Å². The van der Waals surface area contributed by atoms with Gasteiger partial charge in [0.15, 0.2) is 4.84 Å². The van der Waals surface area contributed by atoms with Crippen LogP contribution < -0.4 is 0 Å². The molecule has 1 aromatic rings. The van der Waals surface area contributed by atoms with Gasteiger partial charge in [0.05, 0.1) is 8.66 Å². The van der Waals surface area contributed by atoms with E-state index >= 15 is 0 Å². The van der Waals surface area contributed by atoms with Gasteiger partial charge >= 0.3 is 0 Å². The highest BCUT2D eigenvalue weighted by atomic mass is 79.9. The Hall–Kier alpha value is 0.430. The van der Waals surface area contributed by atoms with Crippen LogP contribution in [0.3, 0.4) is 0 Å². The number of halogens is 3. The van der Waals surface area contributed by atoms with Crippen molar-refractivity contribution < 1.29 is 4.79 Å². The smallest absolute Gasteiger partial charge is 0.205 e. The zero-order valence-electron chi connectivity index (χ0n) is 5.18. The highest BCUT2D eigenvalue weighted by molar-refractivity contribution is 9.11. The molecule has 0 fully saturated rings. The van der Waals surface area contributed by atoms with Crippen molar-refractivity contribution in [1.29, 1.82) is 0 Å². The van der Waals surface area contributed by atoms with E-state index in [2.05, 4.69) is 15.9 Å². The minimum atomic E-state index is -0.958. The molecule has 60 valence electrons. The van der Waals surface area contributed by atoms with E-state index < -0.39 is 4.84 Å². The van der Waals surface area contributed by atoms with Crippen molar-refractivity contribution in [2.24, 2.45) is 0 Å². The maximum atomic E-state index is 11.1. The molecular weight excluding hydrogens is 271 g/mol. The van der Waals surface area contributed by atoms with Gasteiger partial charge in [-0.25, -0.2) is 0 Å². The average Bonchev–Trinajstić information content (AvgIpc) is 2.34. The van der Waals surface area contributed by atoms with E-state index in [9.17, 15) is 4.79 Å². The van der Waals surface area contributed by atoms with Crippen LogP contribution in [0.25, 0.3) is 0 Å². The van der Waals surface area contributed by atoms with E-state index in [4.69, 9.17) is 23.2 Å². The minimum absolute atomic E-state index is 0.246. The summed E-state index contributed by atoms with van der Waals surface area (Å²) in [5, 5.41) is 0. The van der Waals surface area contributed by atoms with Gasteiger partial charge in [-0.05, 0) is 28.1 Å². The molecule has 0 bridgehead atoms. The molecule has 0 amide bonds. The van der Waals surface area contributed by atoms with E-state index in [1.165, 1.54) is 11.3 Å². The summed E-state index contributed by atoms with van der Waals surface area (Å²) < 4.78 is 0.898. The molecule has 0 aliphatic rings. The molecule has 0 aliphatic carbocycles. The van der Waals surface area contributed by atoms with Crippen molar-refractivity contribution in [3.05, 3.63) is 20.8 Å². The predicted molar refractivity (Wildman–Crippen MR) is 51.8 cm³/mol. The summed E-state index contributed by atoms with van der Waals surface area (Å²) >= 11 is 15.3. The van der Waals surface area contributed by atoms with Crippen molar-refractivity contribution in [1.82, 2.24) is 0 Å². The Morgan fingerprint density at radius 3 is 2.55 bits per heavy atom. The van der Waals surface area contributed by atoms with Gasteiger partial charge in [0, 0.05) is 0 Å². The van der Waals surface area contributed by atoms with Crippen LogP contribution in [0.5, 0.6) is 0 Å². The largest absolute Gasteiger partial charge is 0.290 e. The van der Waals surface area contributed by atoms with Crippen LogP contribution in [0, 0.1) is 0 Å². The topological polar surface area (TPSA) is 17.1 Å². The second-order valence-corrected chi connectivity index (χ2v) is 5.33. The van der Waals surface area contributed by atoms with Crippen LogP contribution in [0.15, 0.2) is 15.9 Å². The Morgan fingerprint density at radius 2 is 2.18 bits per heavy atom. The van der Waals surface area contributed by atoms with Gasteiger partial charge in [-0.3, -0.25) is 4.79 Å². The van der Waals surface area contributed by atoms with Gasteiger partial charge in [-0.1, -0.05) is 23.2 Å². The summed E-state index contributed by atoms with van der Waals surface area (Å²) in [6.45, 7) is 0. The van der Waals surface area contributed by atoms with E-state index in [1.807, 2.05) is 0 Å². The van der Waals surface area contributed by atoms with Crippen molar-refractivity contribution in [2.45, 2.75) is 4.84 Å². The lowest BCUT2D eigenvalue weighted by Crippen LogP contribution is -2.05. The number of thiophene rings is 1. The first-order valence-corrected chi connectivity index (χ1v) is 5.17. The first-order valence-electron chi connectivity index (χ1n) is 2.69. The molecule has 0 saturated heterocycles. The molecule has 0 saturated carbocycles. The van der Waals surface area contributed by atoms with Crippen molar-refractivity contribution in [3.63, 3.8) is 0 Å². The third-order valence-corrected chi connectivity index (χ3v) is 3.05. The molecule has 1 nitrogen and oxygen atoms in total. The average molecular weight is 274 g/mol. The highest BCUT2D eigenvalue weighted by Crippen LogP contribution is 2.24. The zero-order valence-corrected chi connectivity index (χ0v) is 9.10. The number of carbonyl (C=O) groups excluding carboxylic acids is 1. The molecule has 0 unspecified atom stereocenters. The van der Waals surface area contributed by atoms with Crippen LogP contribution in [0.1, 0.15) is 9.67 Å². The summed E-state index contributed by atoms with van der Waals surface area (Å²) in [5.41, 5.74) is 0. The zero-order chi connectivity index (χ0) is 8.43. The van der Waals surface area contributed by atoms with Crippen LogP contribution in [0.4, 0.5) is 0 Å². The van der Waals surface area contributed by atoms with Crippen molar-refractivity contribution in [2.75, 3.05) is 0 Å². The number of hydrogen-bond acceptors (Lipinski definition) is 2. The lowest BCUT2D eigenvalue weighted by atomic mass is 10.3. The summed E-state index contributed by atoms with van der Waals surface area (Å²) in [7, 11) is 0. The number of Topliss-reactive ketones (excluding diaryl/α,β-unsaturated/α-hetero) is 1. The van der Waals surface area contributed by atoms with Crippen LogP contribution in [-0.2, 0) is 0 Å². The summed E-state index contributed by atoms with van der Waals surface area (Å²) in [4.78, 5) is 10.7. The van der Waals surface area contributed by atoms with Crippen molar-refractivity contribution in [3.8, 4) is 0 Å². The normalized spacial score (nSPS) is 10.5. The van der Waals surface area contributed by atoms with Gasteiger partial charge < -0.3 is 0 Å². The SMILES string of the molecule is O=C(c1ccc(Br)s1)C(Cl)Cl. The molecular formula is C6H3BrCl2OS. The van der Waals surface area contributed by atoms with Crippen LogP contribution in [-0.4, -0.2) is 10.6 Å². The molecule has 0 atom stereocenters. The Bertz CT molecular complexity index is 271.